The van der Waals surface area contributed by atoms with E-state index in [0.29, 0.717) is 12.2 Å². The smallest absolute Gasteiger partial charge is 0.220 e. The summed E-state index contributed by atoms with van der Waals surface area (Å²) < 4.78 is 5.24. The van der Waals surface area contributed by atoms with Gasteiger partial charge in [0.2, 0.25) is 5.91 Å². The van der Waals surface area contributed by atoms with E-state index in [-0.39, 0.29) is 18.6 Å². The molecular formula is C14H17N3O2. The molecule has 0 aromatic heterocycles. The Morgan fingerprint density at radius 2 is 2.42 bits per heavy atom. The first kappa shape index (κ1) is 13.4. The molecule has 2 N–H and O–H groups in total. The fourth-order valence-electron chi connectivity index (χ4n) is 2.08. The van der Waals surface area contributed by atoms with Gasteiger partial charge in [-0.05, 0) is 24.1 Å². The molecule has 1 amide bonds. The van der Waals surface area contributed by atoms with Crippen molar-refractivity contribution < 1.29 is 9.53 Å². The molecule has 1 aliphatic heterocycles. The number of ether oxygens (including phenoxy) is 1. The van der Waals surface area contributed by atoms with E-state index >= 15 is 0 Å². The fourth-order valence-corrected chi connectivity index (χ4v) is 2.08. The standard InChI is InChI=1S/C14H17N3O2/c15-6-7-19-13-3-1-2-11(8-13)9-16-10-12-4-5-14(18)17-12/h1-3,8,12,16H,4-5,7,9-10H2,(H,17,18). The third-order valence-electron chi connectivity index (χ3n) is 3.01. The minimum absolute atomic E-state index is 0.0605. The first-order chi connectivity index (χ1) is 9.28. The number of hydrogen-bond acceptors (Lipinski definition) is 4. The number of nitrogens with one attached hydrogen (secondary N) is 2. The van der Waals surface area contributed by atoms with Gasteiger partial charge in [0.1, 0.15) is 11.8 Å². The second-order valence-electron chi connectivity index (χ2n) is 4.53. The van der Waals surface area contributed by atoms with Gasteiger partial charge in [0.05, 0.1) is 0 Å². The van der Waals surface area contributed by atoms with E-state index < -0.39 is 0 Å². The van der Waals surface area contributed by atoms with Crippen LogP contribution in [0.4, 0.5) is 0 Å². The Labute approximate surface area is 112 Å². The highest BCUT2D eigenvalue weighted by Gasteiger charge is 2.19. The number of carbonyl (C=O) groups excluding carboxylic acids is 1. The zero-order valence-electron chi connectivity index (χ0n) is 10.7. The van der Waals surface area contributed by atoms with E-state index in [1.165, 1.54) is 0 Å². The van der Waals surface area contributed by atoms with Crippen molar-refractivity contribution >= 4 is 5.91 Å². The van der Waals surface area contributed by atoms with Crippen LogP contribution in [0.1, 0.15) is 18.4 Å². The van der Waals surface area contributed by atoms with Crippen LogP contribution in [0.15, 0.2) is 24.3 Å². The molecule has 1 heterocycles. The lowest BCUT2D eigenvalue weighted by atomic mass is 10.2. The average Bonchev–Trinajstić information content (AvgIpc) is 2.83. The largest absolute Gasteiger partial charge is 0.479 e. The summed E-state index contributed by atoms with van der Waals surface area (Å²) in [5.74, 6) is 0.841. The van der Waals surface area contributed by atoms with Crippen molar-refractivity contribution in [2.24, 2.45) is 0 Å². The molecule has 1 aromatic carbocycles. The molecule has 1 fully saturated rings. The summed E-state index contributed by atoms with van der Waals surface area (Å²) in [7, 11) is 0. The van der Waals surface area contributed by atoms with Crippen LogP contribution in [-0.2, 0) is 11.3 Å². The molecule has 5 heteroatoms. The van der Waals surface area contributed by atoms with Gasteiger partial charge in [0.25, 0.3) is 0 Å². The van der Waals surface area contributed by atoms with E-state index in [0.717, 1.165) is 25.1 Å². The number of benzene rings is 1. The number of nitrogens with zero attached hydrogens (tertiary/aromatic N) is 1. The Kier molecular flexibility index (Phi) is 4.76. The third-order valence-corrected chi connectivity index (χ3v) is 3.01. The summed E-state index contributed by atoms with van der Waals surface area (Å²) in [5, 5.41) is 14.7. The fraction of sp³-hybridized carbons (Fsp3) is 0.429. The molecule has 19 heavy (non-hydrogen) atoms. The maximum absolute atomic E-state index is 11.0. The molecule has 0 radical (unpaired) electrons. The van der Waals surface area contributed by atoms with E-state index in [1.807, 2.05) is 30.3 Å². The van der Waals surface area contributed by atoms with Crippen molar-refractivity contribution in [2.45, 2.75) is 25.4 Å². The number of nitriles is 1. The van der Waals surface area contributed by atoms with Crippen molar-refractivity contribution in [1.82, 2.24) is 10.6 Å². The highest BCUT2D eigenvalue weighted by atomic mass is 16.5. The van der Waals surface area contributed by atoms with Crippen molar-refractivity contribution in [2.75, 3.05) is 13.2 Å². The van der Waals surface area contributed by atoms with Crippen LogP contribution < -0.4 is 15.4 Å². The second kappa shape index (κ2) is 6.76. The molecule has 1 saturated heterocycles. The van der Waals surface area contributed by atoms with Crippen LogP contribution in [0.2, 0.25) is 0 Å². The Balaban J connectivity index is 1.76. The predicted molar refractivity (Wildman–Crippen MR) is 70.4 cm³/mol. The minimum Gasteiger partial charge on any atom is -0.479 e. The van der Waals surface area contributed by atoms with E-state index in [4.69, 9.17) is 10.00 Å². The van der Waals surface area contributed by atoms with Crippen LogP contribution in [0.25, 0.3) is 0 Å². The SMILES string of the molecule is N#CCOc1cccc(CNCC2CCC(=O)N2)c1. The summed E-state index contributed by atoms with van der Waals surface area (Å²) in [5.41, 5.74) is 1.10. The van der Waals surface area contributed by atoms with E-state index in [1.54, 1.807) is 0 Å². The normalized spacial score (nSPS) is 17.8. The first-order valence-electron chi connectivity index (χ1n) is 6.36. The molecular weight excluding hydrogens is 242 g/mol. The summed E-state index contributed by atoms with van der Waals surface area (Å²) >= 11 is 0. The Bertz CT molecular complexity index is 482. The molecule has 0 spiro atoms. The van der Waals surface area contributed by atoms with Gasteiger partial charge in [0, 0.05) is 25.6 Å². The Hall–Kier alpha value is -2.06. The summed E-state index contributed by atoms with van der Waals surface area (Å²) in [6, 6.07) is 9.83. The minimum atomic E-state index is 0.0605. The van der Waals surface area contributed by atoms with Gasteiger partial charge >= 0.3 is 0 Å². The highest BCUT2D eigenvalue weighted by molar-refractivity contribution is 5.78. The maximum Gasteiger partial charge on any atom is 0.220 e. The van der Waals surface area contributed by atoms with Gasteiger partial charge in [-0.15, -0.1) is 0 Å². The molecule has 5 nitrogen and oxygen atoms in total. The summed E-state index contributed by atoms with van der Waals surface area (Å²) in [6.07, 6.45) is 1.53. The molecule has 2 rings (SSSR count). The van der Waals surface area contributed by atoms with Crippen LogP contribution in [0, 0.1) is 11.3 Å². The van der Waals surface area contributed by atoms with Gasteiger partial charge in [-0.3, -0.25) is 4.79 Å². The van der Waals surface area contributed by atoms with E-state index in [2.05, 4.69) is 10.6 Å². The van der Waals surface area contributed by atoms with Crippen molar-refractivity contribution in [3.8, 4) is 11.8 Å². The highest BCUT2D eigenvalue weighted by Crippen LogP contribution is 2.13. The van der Waals surface area contributed by atoms with Crippen LogP contribution in [-0.4, -0.2) is 25.1 Å². The van der Waals surface area contributed by atoms with Crippen LogP contribution >= 0.6 is 0 Å². The zero-order chi connectivity index (χ0) is 13.5. The van der Waals surface area contributed by atoms with Crippen LogP contribution in [0.5, 0.6) is 5.75 Å². The molecule has 100 valence electrons. The first-order valence-corrected chi connectivity index (χ1v) is 6.36. The summed E-state index contributed by atoms with van der Waals surface area (Å²) in [4.78, 5) is 11.0. The third kappa shape index (κ3) is 4.27. The molecule has 1 aliphatic rings. The molecule has 0 saturated carbocycles. The van der Waals surface area contributed by atoms with E-state index in [9.17, 15) is 4.79 Å². The molecule has 0 bridgehead atoms. The predicted octanol–water partition coefficient (Wildman–Crippen LogP) is 0.957. The van der Waals surface area contributed by atoms with Crippen molar-refractivity contribution in [3.63, 3.8) is 0 Å². The van der Waals surface area contributed by atoms with Gasteiger partial charge in [0.15, 0.2) is 6.61 Å². The van der Waals surface area contributed by atoms with Gasteiger partial charge < -0.3 is 15.4 Å². The molecule has 1 aromatic rings. The Morgan fingerprint density at radius 3 is 3.16 bits per heavy atom. The lowest BCUT2D eigenvalue weighted by molar-refractivity contribution is -0.119. The van der Waals surface area contributed by atoms with Crippen LogP contribution in [0.3, 0.4) is 0 Å². The average molecular weight is 259 g/mol. The molecule has 0 aliphatic carbocycles. The number of hydrogen-bond donors (Lipinski definition) is 2. The lowest BCUT2D eigenvalue weighted by Crippen LogP contribution is -2.35. The topological polar surface area (TPSA) is 74.1 Å². The number of amides is 1. The van der Waals surface area contributed by atoms with Gasteiger partial charge in [-0.25, -0.2) is 0 Å². The molecule has 1 unspecified atom stereocenters. The number of carbonyl (C=O) groups is 1. The van der Waals surface area contributed by atoms with Gasteiger partial charge in [-0.1, -0.05) is 12.1 Å². The number of rotatable bonds is 6. The molecule has 1 atom stereocenters. The zero-order valence-corrected chi connectivity index (χ0v) is 10.7. The second-order valence-corrected chi connectivity index (χ2v) is 4.53. The van der Waals surface area contributed by atoms with Crippen molar-refractivity contribution in [1.29, 1.82) is 5.26 Å². The quantitative estimate of drug-likeness (QED) is 0.798. The van der Waals surface area contributed by atoms with Crippen molar-refractivity contribution in [3.05, 3.63) is 29.8 Å². The Morgan fingerprint density at radius 1 is 1.53 bits per heavy atom. The summed E-state index contributed by atoms with van der Waals surface area (Å²) in [6.45, 7) is 1.55. The maximum atomic E-state index is 11.0. The monoisotopic (exact) mass is 259 g/mol. The van der Waals surface area contributed by atoms with Gasteiger partial charge in [-0.2, -0.15) is 5.26 Å². The lowest BCUT2D eigenvalue weighted by Gasteiger charge is -2.11.